The van der Waals surface area contributed by atoms with Crippen molar-refractivity contribution in [2.45, 2.75) is 6.42 Å². The third kappa shape index (κ3) is 6.78. The molecule has 0 aliphatic heterocycles. The van der Waals surface area contributed by atoms with Crippen LogP contribution in [0.1, 0.15) is 4.88 Å². The fraction of sp³-hybridized carbons (Fsp3) is 0.545. The van der Waals surface area contributed by atoms with Crippen molar-refractivity contribution in [1.29, 1.82) is 0 Å². The SMILES string of the molecule is COCCNCC(=O)NCCc1ccc(Br)s1. The maximum absolute atomic E-state index is 11.4. The molecule has 1 rings (SSSR count). The van der Waals surface area contributed by atoms with E-state index in [0.29, 0.717) is 26.2 Å². The van der Waals surface area contributed by atoms with Gasteiger partial charge in [0.05, 0.1) is 16.9 Å². The Morgan fingerprint density at radius 2 is 2.29 bits per heavy atom. The highest BCUT2D eigenvalue weighted by molar-refractivity contribution is 9.11. The fourth-order valence-corrected chi connectivity index (χ4v) is 2.73. The lowest BCUT2D eigenvalue weighted by molar-refractivity contribution is -0.120. The molecule has 0 saturated carbocycles. The number of carbonyl (C=O) groups excluding carboxylic acids is 1. The molecule has 0 unspecified atom stereocenters. The summed E-state index contributed by atoms with van der Waals surface area (Å²) in [6.07, 6.45) is 0.875. The molecule has 4 nitrogen and oxygen atoms in total. The number of nitrogens with one attached hydrogen (secondary N) is 2. The van der Waals surface area contributed by atoms with Crippen LogP contribution in [0.2, 0.25) is 0 Å². The minimum absolute atomic E-state index is 0.0247. The number of amides is 1. The zero-order valence-corrected chi connectivity index (χ0v) is 12.2. The van der Waals surface area contributed by atoms with Crippen molar-refractivity contribution in [2.24, 2.45) is 0 Å². The number of ether oxygens (including phenoxy) is 1. The third-order valence-electron chi connectivity index (χ3n) is 2.09. The first-order valence-electron chi connectivity index (χ1n) is 5.43. The van der Waals surface area contributed by atoms with Crippen LogP contribution in [0, 0.1) is 0 Å². The van der Waals surface area contributed by atoms with Gasteiger partial charge in [0.2, 0.25) is 5.91 Å². The van der Waals surface area contributed by atoms with E-state index >= 15 is 0 Å². The highest BCUT2D eigenvalue weighted by Crippen LogP contribution is 2.21. The maximum Gasteiger partial charge on any atom is 0.233 e. The molecule has 0 atom stereocenters. The van der Waals surface area contributed by atoms with Gasteiger partial charge in [-0.05, 0) is 34.5 Å². The van der Waals surface area contributed by atoms with Crippen LogP contribution in [0.3, 0.4) is 0 Å². The van der Waals surface area contributed by atoms with Gasteiger partial charge in [-0.1, -0.05) is 0 Å². The minimum Gasteiger partial charge on any atom is -0.383 e. The summed E-state index contributed by atoms with van der Waals surface area (Å²) in [6.45, 7) is 2.34. The Hall–Kier alpha value is -0.430. The molecule has 1 aromatic rings. The van der Waals surface area contributed by atoms with E-state index in [0.717, 1.165) is 10.2 Å². The first-order valence-corrected chi connectivity index (χ1v) is 7.04. The Bertz CT molecular complexity index is 344. The largest absolute Gasteiger partial charge is 0.383 e. The average Bonchev–Trinajstić information content (AvgIpc) is 2.71. The number of hydrogen-bond acceptors (Lipinski definition) is 4. The topological polar surface area (TPSA) is 50.4 Å². The Kier molecular flexibility index (Phi) is 7.43. The van der Waals surface area contributed by atoms with Crippen molar-refractivity contribution in [2.75, 3.05) is 33.4 Å². The number of methoxy groups -OCH3 is 1. The number of carbonyl (C=O) groups is 1. The van der Waals surface area contributed by atoms with Crippen LogP contribution in [0.15, 0.2) is 15.9 Å². The molecule has 0 aliphatic rings. The van der Waals surface area contributed by atoms with Crippen LogP contribution in [-0.2, 0) is 16.0 Å². The molecule has 0 aliphatic carbocycles. The lowest BCUT2D eigenvalue weighted by Crippen LogP contribution is -2.36. The lowest BCUT2D eigenvalue weighted by atomic mass is 10.3. The van der Waals surface area contributed by atoms with Gasteiger partial charge in [0.1, 0.15) is 0 Å². The molecule has 0 spiro atoms. The van der Waals surface area contributed by atoms with E-state index in [9.17, 15) is 4.79 Å². The second-order valence-corrected chi connectivity index (χ2v) is 6.02. The quantitative estimate of drug-likeness (QED) is 0.712. The summed E-state index contributed by atoms with van der Waals surface area (Å²) in [5, 5.41) is 5.86. The van der Waals surface area contributed by atoms with Gasteiger partial charge in [0.25, 0.3) is 0 Å². The van der Waals surface area contributed by atoms with E-state index < -0.39 is 0 Å². The molecule has 1 heterocycles. The van der Waals surface area contributed by atoms with Crippen LogP contribution in [0.5, 0.6) is 0 Å². The molecule has 0 fully saturated rings. The summed E-state index contributed by atoms with van der Waals surface area (Å²) in [4.78, 5) is 12.6. The highest BCUT2D eigenvalue weighted by atomic mass is 79.9. The summed E-state index contributed by atoms with van der Waals surface area (Å²) >= 11 is 5.11. The van der Waals surface area contributed by atoms with Crippen LogP contribution in [0.25, 0.3) is 0 Å². The molecule has 6 heteroatoms. The van der Waals surface area contributed by atoms with Gasteiger partial charge in [0.15, 0.2) is 0 Å². The molecular formula is C11H17BrN2O2S. The molecule has 17 heavy (non-hydrogen) atoms. The number of hydrogen-bond donors (Lipinski definition) is 2. The standard InChI is InChI=1S/C11H17BrN2O2S/c1-16-7-6-13-8-11(15)14-5-4-9-2-3-10(12)17-9/h2-3,13H,4-8H2,1H3,(H,14,15). The second kappa shape index (κ2) is 8.63. The minimum atomic E-state index is 0.0247. The van der Waals surface area contributed by atoms with Gasteiger partial charge in [-0.3, -0.25) is 4.79 Å². The van der Waals surface area contributed by atoms with Gasteiger partial charge in [-0.2, -0.15) is 0 Å². The van der Waals surface area contributed by atoms with Gasteiger partial charge in [-0.15, -0.1) is 11.3 Å². The monoisotopic (exact) mass is 320 g/mol. The molecular weight excluding hydrogens is 304 g/mol. The predicted octanol–water partition coefficient (Wildman–Crippen LogP) is 1.41. The van der Waals surface area contributed by atoms with Gasteiger partial charge in [0, 0.05) is 25.1 Å². The fourth-order valence-electron chi connectivity index (χ4n) is 1.25. The van der Waals surface area contributed by atoms with Gasteiger partial charge < -0.3 is 15.4 Å². The van der Waals surface area contributed by atoms with Crippen LogP contribution in [0.4, 0.5) is 0 Å². The molecule has 96 valence electrons. The first kappa shape index (κ1) is 14.6. The first-order chi connectivity index (χ1) is 8.22. The zero-order chi connectivity index (χ0) is 12.5. The number of thiophene rings is 1. The number of halogens is 1. The van der Waals surface area contributed by atoms with Crippen molar-refractivity contribution in [1.82, 2.24) is 10.6 Å². The normalized spacial score (nSPS) is 10.5. The average molecular weight is 321 g/mol. The van der Waals surface area contributed by atoms with Gasteiger partial charge in [-0.25, -0.2) is 0 Å². The van der Waals surface area contributed by atoms with E-state index in [1.165, 1.54) is 4.88 Å². The molecule has 0 radical (unpaired) electrons. The summed E-state index contributed by atoms with van der Waals surface area (Å²) in [7, 11) is 1.64. The maximum atomic E-state index is 11.4. The van der Waals surface area contributed by atoms with E-state index in [2.05, 4.69) is 32.6 Å². The Morgan fingerprint density at radius 3 is 2.94 bits per heavy atom. The Balaban J connectivity index is 2.04. The van der Waals surface area contributed by atoms with Crippen LogP contribution >= 0.6 is 27.3 Å². The Labute approximate surface area is 114 Å². The lowest BCUT2D eigenvalue weighted by Gasteiger charge is -2.05. The molecule has 2 N–H and O–H groups in total. The smallest absolute Gasteiger partial charge is 0.233 e. The highest BCUT2D eigenvalue weighted by Gasteiger charge is 2.01. The molecule has 0 aromatic carbocycles. The Morgan fingerprint density at radius 1 is 1.47 bits per heavy atom. The van der Waals surface area contributed by atoms with E-state index in [4.69, 9.17) is 4.74 Å². The molecule has 1 aromatic heterocycles. The van der Waals surface area contributed by atoms with Crippen LogP contribution < -0.4 is 10.6 Å². The van der Waals surface area contributed by atoms with Crippen molar-refractivity contribution in [3.63, 3.8) is 0 Å². The van der Waals surface area contributed by atoms with E-state index in [-0.39, 0.29) is 5.91 Å². The summed E-state index contributed by atoms with van der Waals surface area (Å²) in [5.41, 5.74) is 0. The van der Waals surface area contributed by atoms with E-state index in [1.54, 1.807) is 18.4 Å². The molecule has 0 bridgehead atoms. The third-order valence-corrected chi connectivity index (χ3v) is 3.77. The molecule has 0 saturated heterocycles. The van der Waals surface area contributed by atoms with Crippen molar-refractivity contribution < 1.29 is 9.53 Å². The van der Waals surface area contributed by atoms with Crippen LogP contribution in [-0.4, -0.2) is 39.3 Å². The summed E-state index contributed by atoms with van der Waals surface area (Å²) in [6, 6.07) is 4.09. The second-order valence-electron chi connectivity index (χ2n) is 3.48. The summed E-state index contributed by atoms with van der Waals surface area (Å²) in [5.74, 6) is 0.0247. The number of rotatable bonds is 8. The van der Waals surface area contributed by atoms with E-state index in [1.807, 2.05) is 6.07 Å². The molecule has 1 amide bonds. The summed E-state index contributed by atoms with van der Waals surface area (Å²) < 4.78 is 5.99. The zero-order valence-electron chi connectivity index (χ0n) is 9.79. The van der Waals surface area contributed by atoms with Crippen molar-refractivity contribution >= 4 is 33.2 Å². The van der Waals surface area contributed by atoms with Crippen molar-refractivity contribution in [3.8, 4) is 0 Å². The van der Waals surface area contributed by atoms with Gasteiger partial charge >= 0.3 is 0 Å². The predicted molar refractivity (Wildman–Crippen MR) is 73.5 cm³/mol. The van der Waals surface area contributed by atoms with Crippen molar-refractivity contribution in [3.05, 3.63) is 20.8 Å².